The first-order valence-corrected chi connectivity index (χ1v) is 13.0. The van der Waals surface area contributed by atoms with Crippen molar-refractivity contribution >= 4 is 34.6 Å². The third kappa shape index (κ3) is 5.51. The molecule has 2 atom stereocenters. The number of anilines is 1. The number of nitrogens with one attached hydrogen (secondary N) is 2. The molecular formula is C29H28N6O3S. The van der Waals surface area contributed by atoms with Crippen LogP contribution < -0.4 is 10.6 Å². The fourth-order valence-electron chi connectivity index (χ4n) is 4.90. The molecular weight excluding hydrogens is 512 g/mol. The Bertz CT molecular complexity index is 1540. The Hall–Kier alpha value is -4.57. The number of aromatic nitrogens is 2. The summed E-state index contributed by atoms with van der Waals surface area (Å²) < 4.78 is 1.92. The van der Waals surface area contributed by atoms with E-state index >= 15 is 0 Å². The SMILES string of the molecule is Cc1ccc(C)c(NC(=O)CCN2C(=S)N[C@@H](c3ccccn3)[C@H]2c2cccn2-c2cccc([N+](=O)[O-])c2)c1. The molecule has 0 unspecified atom stereocenters. The van der Waals surface area contributed by atoms with Gasteiger partial charge in [-0.25, -0.2) is 0 Å². The van der Waals surface area contributed by atoms with Crippen LogP contribution in [0.4, 0.5) is 11.4 Å². The summed E-state index contributed by atoms with van der Waals surface area (Å²) in [6.07, 6.45) is 3.83. The lowest BCUT2D eigenvalue weighted by molar-refractivity contribution is -0.384. The second kappa shape index (κ2) is 11.0. The Morgan fingerprint density at radius 3 is 2.72 bits per heavy atom. The maximum atomic E-state index is 13.0. The van der Waals surface area contributed by atoms with Crippen LogP contribution in [0.1, 0.15) is 41.0 Å². The number of carbonyl (C=O) groups excluding carboxylic acids is 1. The fourth-order valence-corrected chi connectivity index (χ4v) is 5.23. The van der Waals surface area contributed by atoms with Crippen LogP contribution in [0, 0.1) is 24.0 Å². The summed E-state index contributed by atoms with van der Waals surface area (Å²) in [6, 6.07) is 21.5. The molecule has 0 radical (unpaired) electrons. The van der Waals surface area contributed by atoms with E-state index in [1.165, 1.54) is 6.07 Å². The maximum absolute atomic E-state index is 13.0. The molecule has 0 spiro atoms. The molecule has 10 heteroatoms. The molecule has 9 nitrogen and oxygen atoms in total. The van der Waals surface area contributed by atoms with Crippen molar-refractivity contribution in [2.75, 3.05) is 11.9 Å². The number of non-ortho nitro benzene ring substituents is 1. The number of nitro benzene ring substituents is 1. The van der Waals surface area contributed by atoms with Gasteiger partial charge >= 0.3 is 0 Å². The zero-order valence-corrected chi connectivity index (χ0v) is 22.4. The molecule has 2 N–H and O–H groups in total. The van der Waals surface area contributed by atoms with Crippen molar-refractivity contribution in [2.45, 2.75) is 32.4 Å². The number of pyridine rings is 1. The smallest absolute Gasteiger partial charge is 0.271 e. The molecule has 1 aliphatic rings. The number of hydrogen-bond acceptors (Lipinski definition) is 5. The summed E-state index contributed by atoms with van der Waals surface area (Å²) in [7, 11) is 0. The Balaban J connectivity index is 1.46. The average molecular weight is 541 g/mol. The molecule has 4 aromatic rings. The van der Waals surface area contributed by atoms with Gasteiger partial charge in [0.15, 0.2) is 5.11 Å². The number of thiocarbonyl (C=S) groups is 1. The topological polar surface area (TPSA) is 105 Å². The lowest BCUT2D eigenvalue weighted by atomic mass is 10.0. The van der Waals surface area contributed by atoms with Gasteiger partial charge in [0.05, 0.1) is 28.4 Å². The van der Waals surface area contributed by atoms with E-state index in [2.05, 4.69) is 15.6 Å². The molecule has 0 saturated carbocycles. The lowest BCUT2D eigenvalue weighted by Crippen LogP contribution is -2.33. The molecule has 3 heterocycles. The Kier molecular flexibility index (Phi) is 7.38. The number of aryl methyl sites for hydroxylation is 2. The highest BCUT2D eigenvalue weighted by Gasteiger charge is 2.41. The van der Waals surface area contributed by atoms with Crippen LogP contribution in [0.2, 0.25) is 0 Å². The van der Waals surface area contributed by atoms with Crippen LogP contribution >= 0.6 is 12.2 Å². The molecule has 39 heavy (non-hydrogen) atoms. The van der Waals surface area contributed by atoms with E-state index in [4.69, 9.17) is 12.2 Å². The van der Waals surface area contributed by atoms with E-state index < -0.39 is 4.92 Å². The van der Waals surface area contributed by atoms with Crippen LogP contribution in [0.15, 0.2) is 85.2 Å². The van der Waals surface area contributed by atoms with Gasteiger partial charge < -0.3 is 20.1 Å². The number of nitro groups is 1. The first kappa shape index (κ1) is 26.1. The highest BCUT2D eigenvalue weighted by Crippen LogP contribution is 2.39. The van der Waals surface area contributed by atoms with E-state index in [0.29, 0.717) is 17.3 Å². The minimum atomic E-state index is -0.406. The van der Waals surface area contributed by atoms with Gasteiger partial charge in [-0.1, -0.05) is 24.3 Å². The summed E-state index contributed by atoms with van der Waals surface area (Å²) in [5.41, 5.74) is 5.20. The second-order valence-corrected chi connectivity index (χ2v) is 9.90. The Morgan fingerprint density at radius 2 is 1.95 bits per heavy atom. The van der Waals surface area contributed by atoms with Crippen molar-refractivity contribution in [3.8, 4) is 5.69 Å². The highest BCUT2D eigenvalue weighted by atomic mass is 32.1. The van der Waals surface area contributed by atoms with Gasteiger partial charge in [-0.05, 0) is 73.6 Å². The minimum Gasteiger partial charge on any atom is -0.352 e. The number of hydrogen-bond donors (Lipinski definition) is 2. The third-order valence-corrected chi connectivity index (χ3v) is 7.20. The Labute approximate surface area is 231 Å². The zero-order chi connectivity index (χ0) is 27.5. The summed E-state index contributed by atoms with van der Waals surface area (Å²) >= 11 is 5.76. The van der Waals surface area contributed by atoms with Crippen molar-refractivity contribution in [1.29, 1.82) is 0 Å². The number of nitrogens with zero attached hydrogens (tertiary/aromatic N) is 4. The average Bonchev–Trinajstić information content (AvgIpc) is 3.54. The first-order chi connectivity index (χ1) is 18.8. The molecule has 1 fully saturated rings. The van der Waals surface area contributed by atoms with Crippen LogP contribution in [0.3, 0.4) is 0 Å². The molecule has 198 valence electrons. The number of benzene rings is 2. The predicted molar refractivity (Wildman–Crippen MR) is 154 cm³/mol. The highest BCUT2D eigenvalue weighted by molar-refractivity contribution is 7.80. The molecule has 1 amide bonds. The number of carbonyl (C=O) groups is 1. The second-order valence-electron chi connectivity index (χ2n) is 9.52. The van der Waals surface area contributed by atoms with Crippen molar-refractivity contribution < 1.29 is 9.72 Å². The van der Waals surface area contributed by atoms with Gasteiger partial charge in [-0.15, -0.1) is 0 Å². The predicted octanol–water partition coefficient (Wildman–Crippen LogP) is 5.40. The van der Waals surface area contributed by atoms with Gasteiger partial charge in [-0.3, -0.25) is 19.9 Å². The van der Waals surface area contributed by atoms with Gasteiger partial charge in [0.1, 0.15) is 0 Å². The lowest BCUT2D eigenvalue weighted by Gasteiger charge is -2.28. The van der Waals surface area contributed by atoms with Crippen LogP contribution in [0.5, 0.6) is 0 Å². The van der Waals surface area contributed by atoms with Crippen LogP contribution in [-0.2, 0) is 4.79 Å². The minimum absolute atomic E-state index is 0.00784. The quantitative estimate of drug-likeness (QED) is 0.175. The molecule has 2 aromatic heterocycles. The summed E-state index contributed by atoms with van der Waals surface area (Å²) in [5.74, 6) is -0.111. The number of rotatable bonds is 8. The van der Waals surface area contributed by atoms with E-state index in [9.17, 15) is 14.9 Å². The van der Waals surface area contributed by atoms with E-state index in [1.807, 2.05) is 84.1 Å². The van der Waals surface area contributed by atoms with Crippen LogP contribution in [-0.4, -0.2) is 36.9 Å². The van der Waals surface area contributed by atoms with Crippen molar-refractivity contribution in [3.63, 3.8) is 0 Å². The summed E-state index contributed by atoms with van der Waals surface area (Å²) in [4.78, 5) is 30.6. The largest absolute Gasteiger partial charge is 0.352 e. The zero-order valence-electron chi connectivity index (χ0n) is 21.6. The van der Waals surface area contributed by atoms with Gasteiger partial charge in [-0.2, -0.15) is 0 Å². The maximum Gasteiger partial charge on any atom is 0.271 e. The summed E-state index contributed by atoms with van der Waals surface area (Å²) in [5, 5.41) is 18.4. The molecule has 0 aliphatic carbocycles. The van der Waals surface area contributed by atoms with E-state index in [1.54, 1.807) is 18.3 Å². The van der Waals surface area contributed by atoms with Crippen molar-refractivity contribution in [3.05, 3.63) is 118 Å². The number of amides is 1. The normalized spacial score (nSPS) is 16.7. The molecule has 1 saturated heterocycles. The summed E-state index contributed by atoms with van der Waals surface area (Å²) in [6.45, 7) is 4.32. The van der Waals surface area contributed by atoms with Crippen molar-refractivity contribution in [2.24, 2.45) is 0 Å². The van der Waals surface area contributed by atoms with Crippen molar-refractivity contribution in [1.82, 2.24) is 19.8 Å². The fraction of sp³-hybridized carbons (Fsp3) is 0.207. The third-order valence-electron chi connectivity index (χ3n) is 6.85. The molecule has 2 aromatic carbocycles. The molecule has 5 rings (SSSR count). The first-order valence-electron chi connectivity index (χ1n) is 12.6. The van der Waals surface area contributed by atoms with Crippen LogP contribution in [0.25, 0.3) is 5.69 Å². The van der Waals surface area contributed by atoms with Gasteiger partial charge in [0, 0.05) is 48.9 Å². The van der Waals surface area contributed by atoms with E-state index in [0.717, 1.165) is 28.2 Å². The molecule has 1 aliphatic heterocycles. The van der Waals surface area contributed by atoms with Gasteiger partial charge in [0.2, 0.25) is 5.91 Å². The Morgan fingerprint density at radius 1 is 1.10 bits per heavy atom. The van der Waals surface area contributed by atoms with Gasteiger partial charge in [0.25, 0.3) is 5.69 Å². The standard InChI is InChI=1S/C29H28N6O3S/c1-19-11-12-20(2)24(17-19)31-26(36)13-16-34-28(27(32-29(34)39)23-9-3-4-14-30-23)25-10-6-15-33(25)21-7-5-8-22(18-21)35(37)38/h3-12,14-15,17-18,27-28H,13,16H2,1-2H3,(H,31,36)(H,32,39)/t27-,28+/m0/s1. The van der Waals surface area contributed by atoms with E-state index in [-0.39, 0.29) is 30.1 Å². The monoisotopic (exact) mass is 540 g/mol. The molecule has 0 bridgehead atoms.